The summed E-state index contributed by atoms with van der Waals surface area (Å²) in [6.45, 7) is -0.0212. The highest BCUT2D eigenvalue weighted by Crippen LogP contribution is 2.30. The number of aliphatic hydroxyl groups excluding tert-OH is 1. The molecule has 0 spiro atoms. The van der Waals surface area contributed by atoms with E-state index in [0.29, 0.717) is 21.1 Å². The third-order valence-electron chi connectivity index (χ3n) is 4.02. The highest BCUT2D eigenvalue weighted by molar-refractivity contribution is 7.11. The Kier molecular flexibility index (Phi) is 5.82. The molecule has 28 heavy (non-hydrogen) atoms. The smallest absolute Gasteiger partial charge is 0.391 e. The lowest BCUT2D eigenvalue weighted by Gasteiger charge is -2.13. The van der Waals surface area contributed by atoms with Crippen molar-refractivity contribution in [2.75, 3.05) is 6.54 Å². The van der Waals surface area contributed by atoms with Crippen molar-refractivity contribution in [2.45, 2.75) is 18.8 Å². The number of carbonyl (C=O) groups excluding carboxylic acids is 1. The molecular weight excluding hydrogens is 393 g/mol. The Hall–Kier alpha value is -2.69. The zero-order valence-electron chi connectivity index (χ0n) is 14.5. The summed E-state index contributed by atoms with van der Waals surface area (Å²) in [5.41, 5.74) is 6.26. The number of halogens is 3. The topological polar surface area (TPSA) is 104 Å². The average Bonchev–Trinajstić information content (AvgIpc) is 3.35. The molecule has 0 radical (unpaired) electrons. The molecule has 1 unspecified atom stereocenters. The van der Waals surface area contributed by atoms with Crippen molar-refractivity contribution < 1.29 is 23.1 Å². The van der Waals surface area contributed by atoms with Gasteiger partial charge in [0.2, 0.25) is 0 Å². The number of H-pyrrole nitrogens is 1. The van der Waals surface area contributed by atoms with Crippen LogP contribution in [0.3, 0.4) is 0 Å². The van der Waals surface area contributed by atoms with Gasteiger partial charge in [0, 0.05) is 18.4 Å². The lowest BCUT2D eigenvalue weighted by molar-refractivity contribution is -0.137. The van der Waals surface area contributed by atoms with Crippen molar-refractivity contribution in [2.24, 2.45) is 5.73 Å². The number of nitrogens with two attached hydrogens (primary N) is 1. The Labute approximate surface area is 162 Å². The second-order valence-corrected chi connectivity index (χ2v) is 7.09. The monoisotopic (exact) mass is 410 g/mol. The molecule has 2 heterocycles. The number of nitrogens with zero attached hydrogens (tertiary/aromatic N) is 1. The van der Waals surface area contributed by atoms with Crippen molar-refractivity contribution >= 4 is 17.2 Å². The van der Waals surface area contributed by atoms with Crippen molar-refractivity contribution in [3.8, 4) is 11.3 Å². The lowest BCUT2D eigenvalue weighted by atomic mass is 10.1. The number of amides is 1. The molecule has 1 aromatic carbocycles. The van der Waals surface area contributed by atoms with Crippen LogP contribution in [0.25, 0.3) is 11.3 Å². The largest absolute Gasteiger partial charge is 0.416 e. The fourth-order valence-corrected chi connectivity index (χ4v) is 3.39. The third kappa shape index (κ3) is 4.41. The zero-order chi connectivity index (χ0) is 20.3. The van der Waals surface area contributed by atoms with E-state index in [4.69, 9.17) is 10.8 Å². The summed E-state index contributed by atoms with van der Waals surface area (Å²) in [7, 11) is 0. The van der Waals surface area contributed by atoms with Gasteiger partial charge in [-0.1, -0.05) is 12.1 Å². The van der Waals surface area contributed by atoms with Gasteiger partial charge in [-0.3, -0.25) is 4.79 Å². The maximum atomic E-state index is 12.7. The first-order valence-corrected chi connectivity index (χ1v) is 9.06. The third-order valence-corrected chi connectivity index (χ3v) is 5.12. The lowest BCUT2D eigenvalue weighted by Crippen LogP contribution is -2.33. The number of aliphatic hydroxyl groups is 1. The van der Waals surface area contributed by atoms with Crippen molar-refractivity contribution in [3.63, 3.8) is 0 Å². The second kappa shape index (κ2) is 8.13. The molecule has 5 N–H and O–H groups in total. The molecule has 10 heteroatoms. The molecule has 3 rings (SSSR count). The molecule has 148 valence electrons. The van der Waals surface area contributed by atoms with Crippen LogP contribution < -0.4 is 11.1 Å². The Bertz CT molecular complexity index is 950. The number of thiazole rings is 1. The van der Waals surface area contributed by atoms with Gasteiger partial charge in [-0.15, -0.1) is 11.3 Å². The first kappa shape index (κ1) is 20.1. The Morgan fingerprint density at radius 1 is 1.25 bits per heavy atom. The molecule has 0 aliphatic rings. The second-order valence-electron chi connectivity index (χ2n) is 5.95. The number of carbonyl (C=O) groups is 1. The average molecular weight is 410 g/mol. The van der Waals surface area contributed by atoms with Crippen LogP contribution in [0.4, 0.5) is 13.2 Å². The van der Waals surface area contributed by atoms with Gasteiger partial charge >= 0.3 is 6.18 Å². The summed E-state index contributed by atoms with van der Waals surface area (Å²) in [6, 6.07) is 7.29. The molecular formula is C18H17F3N4O2S. The normalized spacial score (nSPS) is 12.8. The minimum absolute atomic E-state index is 0.122. The standard InChI is InChI=1S/C18H17F3N4O2S/c19-18(20,21)11-3-1-10(2-4-11)13-5-6-14(24-13)16(27)25-15(7-22)17-23-8-12(9-26)28-17/h1-6,8,15,24,26H,7,9,22H2,(H,25,27). The van der Waals surface area contributed by atoms with E-state index in [0.717, 1.165) is 12.1 Å². The molecule has 0 saturated heterocycles. The number of nitrogens with one attached hydrogen (secondary N) is 2. The number of rotatable bonds is 6. The van der Waals surface area contributed by atoms with E-state index in [1.165, 1.54) is 35.7 Å². The highest BCUT2D eigenvalue weighted by Gasteiger charge is 2.30. The van der Waals surface area contributed by atoms with E-state index in [1.807, 2.05) is 0 Å². The highest BCUT2D eigenvalue weighted by atomic mass is 32.1. The van der Waals surface area contributed by atoms with E-state index in [2.05, 4.69) is 15.3 Å². The summed E-state index contributed by atoms with van der Waals surface area (Å²) in [5, 5.41) is 12.5. The van der Waals surface area contributed by atoms with Gasteiger partial charge in [-0.05, 0) is 29.8 Å². The molecule has 2 aromatic heterocycles. The molecule has 0 saturated carbocycles. The van der Waals surface area contributed by atoms with E-state index in [9.17, 15) is 18.0 Å². The van der Waals surface area contributed by atoms with Crippen LogP contribution in [-0.4, -0.2) is 27.5 Å². The molecule has 0 bridgehead atoms. The Balaban J connectivity index is 1.72. The minimum atomic E-state index is -4.40. The van der Waals surface area contributed by atoms with Crippen molar-refractivity contribution in [3.05, 3.63) is 63.7 Å². The van der Waals surface area contributed by atoms with Gasteiger partial charge in [-0.2, -0.15) is 13.2 Å². The molecule has 0 fully saturated rings. The van der Waals surface area contributed by atoms with E-state index >= 15 is 0 Å². The van der Waals surface area contributed by atoms with Crippen LogP contribution in [0.5, 0.6) is 0 Å². The number of hydrogen-bond donors (Lipinski definition) is 4. The first-order chi connectivity index (χ1) is 13.3. The number of alkyl halides is 3. The van der Waals surface area contributed by atoms with E-state index < -0.39 is 23.7 Å². The summed E-state index contributed by atoms with van der Waals surface area (Å²) in [5.74, 6) is -0.422. The SMILES string of the molecule is NCC(NC(=O)c1ccc(-c2ccc(C(F)(F)F)cc2)[nH]1)c1ncc(CO)s1. The summed E-state index contributed by atoms with van der Waals surface area (Å²) in [6.07, 6.45) is -2.88. The van der Waals surface area contributed by atoms with Crippen LogP contribution >= 0.6 is 11.3 Å². The van der Waals surface area contributed by atoms with E-state index in [1.54, 1.807) is 6.07 Å². The summed E-state index contributed by atoms with van der Waals surface area (Å²) >= 11 is 1.25. The maximum absolute atomic E-state index is 12.7. The quantitative estimate of drug-likeness (QED) is 0.501. The molecule has 0 aliphatic carbocycles. The van der Waals surface area contributed by atoms with Gasteiger partial charge in [0.1, 0.15) is 10.7 Å². The number of hydrogen-bond acceptors (Lipinski definition) is 5. The van der Waals surface area contributed by atoms with Gasteiger partial charge in [0.25, 0.3) is 5.91 Å². The van der Waals surface area contributed by atoms with Gasteiger partial charge in [0.05, 0.1) is 23.1 Å². The fraction of sp³-hybridized carbons (Fsp3) is 0.222. The predicted molar refractivity (Wildman–Crippen MR) is 98.5 cm³/mol. The Morgan fingerprint density at radius 3 is 2.54 bits per heavy atom. The van der Waals surface area contributed by atoms with Gasteiger partial charge < -0.3 is 21.1 Å². The number of benzene rings is 1. The fourth-order valence-electron chi connectivity index (χ4n) is 2.55. The van der Waals surface area contributed by atoms with Crippen LogP contribution in [0, 0.1) is 0 Å². The predicted octanol–water partition coefficient (Wildman–Crippen LogP) is 3.08. The maximum Gasteiger partial charge on any atom is 0.416 e. The van der Waals surface area contributed by atoms with Crippen molar-refractivity contribution in [1.29, 1.82) is 0 Å². The summed E-state index contributed by atoms with van der Waals surface area (Å²) < 4.78 is 38.0. The first-order valence-electron chi connectivity index (χ1n) is 8.25. The van der Waals surface area contributed by atoms with Crippen LogP contribution in [0.15, 0.2) is 42.6 Å². The van der Waals surface area contributed by atoms with Crippen LogP contribution in [-0.2, 0) is 12.8 Å². The molecule has 1 amide bonds. The minimum Gasteiger partial charge on any atom is -0.391 e. The van der Waals surface area contributed by atoms with Gasteiger partial charge in [-0.25, -0.2) is 4.98 Å². The van der Waals surface area contributed by atoms with E-state index in [-0.39, 0.29) is 18.8 Å². The Morgan fingerprint density at radius 2 is 1.96 bits per heavy atom. The molecule has 6 nitrogen and oxygen atoms in total. The number of aromatic nitrogens is 2. The molecule has 0 aliphatic heterocycles. The summed E-state index contributed by atoms with van der Waals surface area (Å²) in [4.78, 5) is 20.2. The van der Waals surface area contributed by atoms with Gasteiger partial charge in [0.15, 0.2) is 0 Å². The zero-order valence-corrected chi connectivity index (χ0v) is 15.3. The molecule has 3 aromatic rings. The van der Waals surface area contributed by atoms with Crippen molar-refractivity contribution in [1.82, 2.24) is 15.3 Å². The van der Waals surface area contributed by atoms with Crippen LogP contribution in [0.2, 0.25) is 0 Å². The number of aromatic amines is 1. The van der Waals surface area contributed by atoms with Crippen LogP contribution in [0.1, 0.15) is 32.0 Å². The molecule has 1 atom stereocenters.